The predicted molar refractivity (Wildman–Crippen MR) is 87.8 cm³/mol. The number of imidazole rings is 1. The van der Waals surface area contributed by atoms with Crippen LogP contribution in [0, 0.1) is 5.82 Å². The molecule has 0 fully saturated rings. The lowest BCUT2D eigenvalue weighted by Gasteiger charge is -2.19. The second kappa shape index (κ2) is 6.91. The fourth-order valence-electron chi connectivity index (χ4n) is 2.37. The van der Waals surface area contributed by atoms with Crippen LogP contribution in [0.4, 0.5) is 14.9 Å². The summed E-state index contributed by atoms with van der Waals surface area (Å²) in [6.45, 7) is 0. The van der Waals surface area contributed by atoms with Gasteiger partial charge in [-0.2, -0.15) is 0 Å². The Morgan fingerprint density at radius 2 is 2.12 bits per heavy atom. The highest BCUT2D eigenvalue weighted by molar-refractivity contribution is 5.89. The summed E-state index contributed by atoms with van der Waals surface area (Å²) in [5.41, 5.74) is 1.17. The molecule has 0 spiro atoms. The monoisotopic (exact) mass is 325 g/mol. The molecule has 0 unspecified atom stereocenters. The molecular formula is C17H16FN5O. The van der Waals surface area contributed by atoms with Crippen molar-refractivity contribution >= 4 is 11.7 Å². The van der Waals surface area contributed by atoms with Crippen molar-refractivity contribution in [2.75, 3.05) is 5.32 Å². The number of anilines is 1. The van der Waals surface area contributed by atoms with Crippen LogP contribution in [0.3, 0.4) is 0 Å². The second-order valence-corrected chi connectivity index (χ2v) is 5.22. The minimum Gasteiger partial charge on any atom is -0.336 e. The smallest absolute Gasteiger partial charge is 0.320 e. The molecule has 2 heterocycles. The average molecular weight is 325 g/mol. The Hall–Kier alpha value is -3.22. The molecule has 0 bridgehead atoms. The van der Waals surface area contributed by atoms with Gasteiger partial charge in [0.25, 0.3) is 0 Å². The Labute approximate surface area is 138 Å². The number of benzene rings is 1. The summed E-state index contributed by atoms with van der Waals surface area (Å²) in [6.07, 6.45) is 6.55. The highest BCUT2D eigenvalue weighted by Crippen LogP contribution is 2.21. The molecule has 2 aromatic heterocycles. The van der Waals surface area contributed by atoms with E-state index in [2.05, 4.69) is 20.6 Å². The van der Waals surface area contributed by atoms with E-state index in [0.29, 0.717) is 17.1 Å². The van der Waals surface area contributed by atoms with Crippen molar-refractivity contribution in [3.63, 3.8) is 0 Å². The SMILES string of the molecule is Cn1ccnc1[C@@H](NC(=O)Nc1cccnc1)c1cccc(F)c1. The number of urea groups is 1. The van der Waals surface area contributed by atoms with Crippen LogP contribution in [0.5, 0.6) is 0 Å². The molecule has 1 atom stereocenters. The number of nitrogens with zero attached hydrogens (tertiary/aromatic N) is 3. The van der Waals surface area contributed by atoms with Crippen molar-refractivity contribution in [1.82, 2.24) is 19.9 Å². The predicted octanol–water partition coefficient (Wildman–Crippen LogP) is 2.87. The molecule has 1 aromatic carbocycles. The Morgan fingerprint density at radius 1 is 1.25 bits per heavy atom. The fourth-order valence-corrected chi connectivity index (χ4v) is 2.37. The van der Waals surface area contributed by atoms with Crippen molar-refractivity contribution in [3.05, 3.63) is 78.4 Å². The van der Waals surface area contributed by atoms with Gasteiger partial charge in [-0.05, 0) is 29.8 Å². The lowest BCUT2D eigenvalue weighted by molar-refractivity contribution is 0.249. The van der Waals surface area contributed by atoms with Crippen LogP contribution in [0.15, 0.2) is 61.2 Å². The summed E-state index contributed by atoms with van der Waals surface area (Å²) in [5, 5.41) is 5.52. The first-order valence-electron chi connectivity index (χ1n) is 7.34. The van der Waals surface area contributed by atoms with E-state index in [1.165, 1.54) is 18.3 Å². The molecule has 3 aromatic rings. The summed E-state index contributed by atoms with van der Waals surface area (Å²) in [4.78, 5) is 20.5. The maximum Gasteiger partial charge on any atom is 0.320 e. The fraction of sp³-hybridized carbons (Fsp3) is 0.118. The molecule has 2 amide bonds. The highest BCUT2D eigenvalue weighted by atomic mass is 19.1. The van der Waals surface area contributed by atoms with E-state index >= 15 is 0 Å². The number of pyridine rings is 1. The number of aromatic nitrogens is 3. The van der Waals surface area contributed by atoms with Gasteiger partial charge < -0.3 is 15.2 Å². The van der Waals surface area contributed by atoms with Crippen molar-refractivity contribution in [2.45, 2.75) is 6.04 Å². The molecule has 0 saturated heterocycles. The van der Waals surface area contributed by atoms with Crippen molar-refractivity contribution in [3.8, 4) is 0 Å². The minimum absolute atomic E-state index is 0.374. The van der Waals surface area contributed by atoms with Crippen LogP contribution in [0.2, 0.25) is 0 Å². The lowest BCUT2D eigenvalue weighted by atomic mass is 10.1. The molecule has 7 heteroatoms. The maximum absolute atomic E-state index is 13.6. The van der Waals surface area contributed by atoms with E-state index < -0.39 is 12.1 Å². The third kappa shape index (κ3) is 3.57. The lowest BCUT2D eigenvalue weighted by Crippen LogP contribution is -2.34. The van der Waals surface area contributed by atoms with Gasteiger partial charge in [-0.3, -0.25) is 4.98 Å². The first-order valence-corrected chi connectivity index (χ1v) is 7.34. The standard InChI is InChI=1S/C17H16FN5O/c1-23-9-8-20-16(23)15(12-4-2-5-13(18)10-12)22-17(24)21-14-6-3-7-19-11-14/h2-11,15H,1H3,(H2,21,22,24)/t15-/m0/s1. The normalized spacial score (nSPS) is 11.8. The summed E-state index contributed by atoms with van der Waals surface area (Å²) in [7, 11) is 1.81. The van der Waals surface area contributed by atoms with Crippen molar-refractivity contribution in [1.29, 1.82) is 0 Å². The van der Waals surface area contributed by atoms with Gasteiger partial charge in [-0.1, -0.05) is 12.1 Å². The second-order valence-electron chi connectivity index (χ2n) is 5.22. The van der Waals surface area contributed by atoms with Gasteiger partial charge >= 0.3 is 6.03 Å². The number of amides is 2. The zero-order valence-corrected chi connectivity index (χ0v) is 13.0. The number of carbonyl (C=O) groups excluding carboxylic acids is 1. The number of halogens is 1. The molecule has 2 N–H and O–H groups in total. The number of hydrogen-bond donors (Lipinski definition) is 2. The Morgan fingerprint density at radius 3 is 2.79 bits per heavy atom. The molecule has 0 aliphatic heterocycles. The van der Waals surface area contributed by atoms with Gasteiger partial charge in [0.2, 0.25) is 0 Å². The summed E-state index contributed by atoms with van der Waals surface area (Å²) < 4.78 is 15.4. The van der Waals surface area contributed by atoms with E-state index in [0.717, 1.165) is 0 Å². The third-order valence-corrected chi connectivity index (χ3v) is 3.49. The summed E-state index contributed by atoms with van der Waals surface area (Å²) in [6, 6.07) is 8.51. The molecule has 0 radical (unpaired) electrons. The van der Waals surface area contributed by atoms with Crippen LogP contribution < -0.4 is 10.6 Å². The topological polar surface area (TPSA) is 71.8 Å². The first kappa shape index (κ1) is 15.7. The molecule has 0 aliphatic rings. The van der Waals surface area contributed by atoms with Crippen LogP contribution in [0.1, 0.15) is 17.4 Å². The van der Waals surface area contributed by atoms with Gasteiger partial charge in [-0.25, -0.2) is 14.2 Å². The van der Waals surface area contributed by atoms with Gasteiger partial charge in [0.1, 0.15) is 17.7 Å². The third-order valence-electron chi connectivity index (χ3n) is 3.49. The molecular weight excluding hydrogens is 309 g/mol. The number of hydrogen-bond acceptors (Lipinski definition) is 3. The van der Waals surface area contributed by atoms with Gasteiger partial charge in [0, 0.05) is 25.6 Å². The van der Waals surface area contributed by atoms with Crippen LogP contribution >= 0.6 is 0 Å². The summed E-state index contributed by atoms with van der Waals surface area (Å²) >= 11 is 0. The molecule has 6 nitrogen and oxygen atoms in total. The number of carbonyl (C=O) groups is 1. The van der Waals surface area contributed by atoms with E-state index in [-0.39, 0.29) is 5.82 Å². The zero-order valence-electron chi connectivity index (χ0n) is 13.0. The van der Waals surface area contributed by atoms with E-state index in [1.54, 1.807) is 47.4 Å². The summed E-state index contributed by atoms with van der Waals surface area (Å²) in [5.74, 6) is 0.225. The largest absolute Gasteiger partial charge is 0.336 e. The quantitative estimate of drug-likeness (QED) is 0.775. The number of rotatable bonds is 4. The first-order chi connectivity index (χ1) is 11.6. The molecule has 24 heavy (non-hydrogen) atoms. The van der Waals surface area contributed by atoms with Gasteiger partial charge in [0.05, 0.1) is 11.9 Å². The van der Waals surface area contributed by atoms with Gasteiger partial charge in [0.15, 0.2) is 0 Å². The zero-order chi connectivity index (χ0) is 16.9. The number of aryl methyl sites for hydroxylation is 1. The Kier molecular flexibility index (Phi) is 4.51. The average Bonchev–Trinajstić information content (AvgIpc) is 2.99. The van der Waals surface area contributed by atoms with Crippen LogP contribution in [-0.4, -0.2) is 20.6 Å². The Balaban J connectivity index is 1.85. The molecule has 3 rings (SSSR count). The number of nitrogens with one attached hydrogen (secondary N) is 2. The molecule has 122 valence electrons. The van der Waals surface area contributed by atoms with E-state index in [1.807, 2.05) is 7.05 Å². The Bertz CT molecular complexity index is 834. The molecule has 0 saturated carbocycles. The maximum atomic E-state index is 13.6. The molecule has 0 aliphatic carbocycles. The van der Waals surface area contributed by atoms with E-state index in [4.69, 9.17) is 0 Å². The van der Waals surface area contributed by atoms with Gasteiger partial charge in [-0.15, -0.1) is 0 Å². The van der Waals surface area contributed by atoms with E-state index in [9.17, 15) is 9.18 Å². The van der Waals surface area contributed by atoms with Crippen molar-refractivity contribution in [2.24, 2.45) is 7.05 Å². The van der Waals surface area contributed by atoms with Crippen molar-refractivity contribution < 1.29 is 9.18 Å². The minimum atomic E-state index is -0.586. The van der Waals surface area contributed by atoms with Crippen LogP contribution in [-0.2, 0) is 7.05 Å². The van der Waals surface area contributed by atoms with Crippen LogP contribution in [0.25, 0.3) is 0 Å². The highest BCUT2D eigenvalue weighted by Gasteiger charge is 2.21.